The van der Waals surface area contributed by atoms with Gasteiger partial charge in [0.25, 0.3) is 0 Å². The molecule has 1 unspecified atom stereocenters. The van der Waals surface area contributed by atoms with Gasteiger partial charge in [-0.15, -0.1) is 0 Å². The zero-order chi connectivity index (χ0) is 7.72. The summed E-state index contributed by atoms with van der Waals surface area (Å²) in [5.41, 5.74) is 5.53. The molecule has 4 heteroatoms. The Bertz CT molecular complexity index is 143. The number of halogens is 1. The van der Waals surface area contributed by atoms with Crippen LogP contribution in [0.3, 0.4) is 0 Å². The highest BCUT2D eigenvalue weighted by atomic mass is 127. The Balaban J connectivity index is 2.49. The second-order valence-electron chi connectivity index (χ2n) is 2.55. The fraction of sp³-hybridized carbons (Fsp3) is 0.833. The summed E-state index contributed by atoms with van der Waals surface area (Å²) in [6.45, 7) is 2.11. The van der Waals surface area contributed by atoms with Crippen LogP contribution in [-0.4, -0.2) is 20.1 Å². The number of thiocarbonyl (C=S) groups is 1. The van der Waals surface area contributed by atoms with Gasteiger partial charge in [0.2, 0.25) is 0 Å². The molecule has 0 bridgehead atoms. The monoisotopic (exact) mass is 270 g/mol. The lowest BCUT2D eigenvalue weighted by Crippen LogP contribution is -2.40. The van der Waals surface area contributed by atoms with Gasteiger partial charge in [0.05, 0.1) is 4.05 Å². The Morgan fingerprint density at radius 3 is 2.40 bits per heavy atom. The Kier molecular flexibility index (Phi) is 2.74. The third-order valence-electron chi connectivity index (χ3n) is 1.58. The fourth-order valence-corrected chi connectivity index (χ4v) is 2.25. The summed E-state index contributed by atoms with van der Waals surface area (Å²) in [5, 5.41) is 0.546. The Morgan fingerprint density at radius 2 is 2.30 bits per heavy atom. The SMILES string of the molecule is CC(I)N(C(N)=S)C1CC1. The lowest BCUT2D eigenvalue weighted by molar-refractivity contribution is 0.419. The molecule has 0 saturated heterocycles. The largest absolute Gasteiger partial charge is 0.376 e. The first-order chi connectivity index (χ1) is 4.63. The molecule has 1 aliphatic rings. The van der Waals surface area contributed by atoms with Gasteiger partial charge in [0.1, 0.15) is 0 Å². The standard InChI is InChI=1S/C6H11IN2S/c1-4(7)9(6(8)10)5-2-3-5/h4-5H,2-3H2,1H3,(H2,8,10). The van der Waals surface area contributed by atoms with E-state index < -0.39 is 0 Å². The highest BCUT2D eigenvalue weighted by Gasteiger charge is 2.31. The molecule has 1 fully saturated rings. The average Bonchev–Trinajstić information content (AvgIpc) is 2.46. The van der Waals surface area contributed by atoms with E-state index in [1.54, 1.807) is 0 Å². The van der Waals surface area contributed by atoms with Crippen molar-refractivity contribution in [2.75, 3.05) is 0 Å². The molecule has 1 saturated carbocycles. The van der Waals surface area contributed by atoms with Crippen LogP contribution < -0.4 is 5.73 Å². The smallest absolute Gasteiger partial charge is 0.167 e. The molecule has 2 N–H and O–H groups in total. The van der Waals surface area contributed by atoms with Gasteiger partial charge in [0, 0.05) is 6.04 Å². The second-order valence-corrected chi connectivity index (χ2v) is 4.77. The maximum Gasteiger partial charge on any atom is 0.167 e. The third-order valence-corrected chi connectivity index (χ3v) is 2.39. The molecule has 58 valence electrons. The van der Waals surface area contributed by atoms with E-state index in [-0.39, 0.29) is 0 Å². The minimum Gasteiger partial charge on any atom is -0.376 e. The zero-order valence-electron chi connectivity index (χ0n) is 5.88. The molecule has 0 heterocycles. The van der Waals surface area contributed by atoms with Gasteiger partial charge in [-0.2, -0.15) is 0 Å². The predicted octanol–water partition coefficient (Wildman–Crippen LogP) is 1.48. The summed E-state index contributed by atoms with van der Waals surface area (Å²) in [6, 6.07) is 0.643. The number of nitrogens with two attached hydrogens (primary N) is 1. The first kappa shape index (κ1) is 8.52. The van der Waals surface area contributed by atoms with E-state index in [0.29, 0.717) is 15.2 Å². The average molecular weight is 270 g/mol. The number of hydrogen-bond donors (Lipinski definition) is 1. The van der Waals surface area contributed by atoms with Crippen LogP contribution in [0.5, 0.6) is 0 Å². The first-order valence-electron chi connectivity index (χ1n) is 3.34. The van der Waals surface area contributed by atoms with Crippen LogP contribution >= 0.6 is 34.8 Å². The van der Waals surface area contributed by atoms with Crippen molar-refractivity contribution in [1.29, 1.82) is 0 Å². The maximum absolute atomic E-state index is 5.53. The molecule has 0 spiro atoms. The van der Waals surface area contributed by atoms with Gasteiger partial charge in [-0.25, -0.2) is 0 Å². The molecule has 0 aromatic carbocycles. The molecule has 0 aromatic rings. The molecule has 2 nitrogen and oxygen atoms in total. The van der Waals surface area contributed by atoms with E-state index >= 15 is 0 Å². The number of rotatable bonds is 2. The van der Waals surface area contributed by atoms with Crippen LogP contribution in [0.25, 0.3) is 0 Å². The van der Waals surface area contributed by atoms with E-state index in [4.69, 9.17) is 18.0 Å². The highest BCUT2D eigenvalue weighted by molar-refractivity contribution is 14.1. The molecule has 0 aliphatic heterocycles. The van der Waals surface area contributed by atoms with Crippen LogP contribution in [0.1, 0.15) is 19.8 Å². The first-order valence-corrected chi connectivity index (χ1v) is 5.00. The van der Waals surface area contributed by atoms with Crippen molar-refractivity contribution in [2.45, 2.75) is 29.9 Å². The van der Waals surface area contributed by atoms with Crippen LogP contribution in [0.4, 0.5) is 0 Å². The molecule has 1 aliphatic carbocycles. The predicted molar refractivity (Wildman–Crippen MR) is 55.1 cm³/mol. The van der Waals surface area contributed by atoms with E-state index in [0.717, 1.165) is 0 Å². The quantitative estimate of drug-likeness (QED) is 0.356. The zero-order valence-corrected chi connectivity index (χ0v) is 8.85. The molecule has 0 amide bonds. The van der Waals surface area contributed by atoms with Crippen LogP contribution in [0, 0.1) is 0 Å². The number of alkyl halides is 1. The van der Waals surface area contributed by atoms with Gasteiger partial charge in [-0.3, -0.25) is 0 Å². The van der Waals surface area contributed by atoms with E-state index in [2.05, 4.69) is 34.4 Å². The van der Waals surface area contributed by atoms with E-state index in [1.807, 2.05) is 0 Å². The van der Waals surface area contributed by atoms with E-state index in [9.17, 15) is 0 Å². The summed E-state index contributed by atoms with van der Waals surface area (Å²) >= 11 is 7.24. The number of nitrogens with zero attached hydrogens (tertiary/aromatic N) is 1. The molecular weight excluding hydrogens is 259 g/mol. The molecule has 1 rings (SSSR count). The van der Waals surface area contributed by atoms with Crippen molar-refractivity contribution < 1.29 is 0 Å². The van der Waals surface area contributed by atoms with E-state index in [1.165, 1.54) is 12.8 Å². The minimum absolute atomic E-state index is 0.433. The van der Waals surface area contributed by atoms with Gasteiger partial charge in [0.15, 0.2) is 5.11 Å². The van der Waals surface area contributed by atoms with Gasteiger partial charge in [-0.1, -0.05) is 22.6 Å². The second kappa shape index (κ2) is 3.21. The summed E-state index contributed by atoms with van der Waals surface area (Å²) < 4.78 is 0.433. The Labute approximate surface area is 80.3 Å². The van der Waals surface area contributed by atoms with Crippen LogP contribution in [0.15, 0.2) is 0 Å². The maximum atomic E-state index is 5.53. The number of hydrogen-bond acceptors (Lipinski definition) is 1. The van der Waals surface area contributed by atoms with Crippen molar-refractivity contribution in [1.82, 2.24) is 4.90 Å². The molecule has 1 atom stereocenters. The summed E-state index contributed by atoms with van der Waals surface area (Å²) in [7, 11) is 0. The summed E-state index contributed by atoms with van der Waals surface area (Å²) in [6.07, 6.45) is 2.51. The van der Waals surface area contributed by atoms with Crippen molar-refractivity contribution in [2.24, 2.45) is 5.73 Å². The van der Waals surface area contributed by atoms with Gasteiger partial charge < -0.3 is 10.6 Å². The highest BCUT2D eigenvalue weighted by Crippen LogP contribution is 2.29. The fourth-order valence-electron chi connectivity index (χ4n) is 0.998. The van der Waals surface area contributed by atoms with Crippen molar-refractivity contribution >= 4 is 39.9 Å². The van der Waals surface area contributed by atoms with Crippen LogP contribution in [0.2, 0.25) is 0 Å². The molecule has 0 aromatic heterocycles. The summed E-state index contributed by atoms with van der Waals surface area (Å²) in [5.74, 6) is 0. The van der Waals surface area contributed by atoms with Crippen molar-refractivity contribution in [3.63, 3.8) is 0 Å². The Morgan fingerprint density at radius 1 is 1.80 bits per heavy atom. The Hall–Kier alpha value is 0.420. The van der Waals surface area contributed by atoms with Crippen LogP contribution in [-0.2, 0) is 0 Å². The van der Waals surface area contributed by atoms with Gasteiger partial charge in [-0.05, 0) is 32.0 Å². The van der Waals surface area contributed by atoms with Crippen molar-refractivity contribution in [3.05, 3.63) is 0 Å². The molecule has 0 radical (unpaired) electrons. The lowest BCUT2D eigenvalue weighted by atomic mass is 10.5. The van der Waals surface area contributed by atoms with Crippen molar-refractivity contribution in [3.8, 4) is 0 Å². The van der Waals surface area contributed by atoms with Gasteiger partial charge >= 0.3 is 0 Å². The topological polar surface area (TPSA) is 29.3 Å². The third kappa shape index (κ3) is 1.95. The summed E-state index contributed by atoms with van der Waals surface area (Å²) in [4.78, 5) is 2.11. The molecule has 10 heavy (non-hydrogen) atoms. The molecular formula is C6H11IN2S. The normalized spacial score (nSPS) is 20.2. The lowest BCUT2D eigenvalue weighted by Gasteiger charge is -2.25. The minimum atomic E-state index is 0.433.